The summed E-state index contributed by atoms with van der Waals surface area (Å²) in [6.45, 7) is 3.22. The zero-order valence-electron chi connectivity index (χ0n) is 15.6. The summed E-state index contributed by atoms with van der Waals surface area (Å²) in [5, 5.41) is 5.60. The summed E-state index contributed by atoms with van der Waals surface area (Å²) in [7, 11) is 0. The Bertz CT molecular complexity index is 977. The van der Waals surface area contributed by atoms with Crippen molar-refractivity contribution in [1.29, 1.82) is 0 Å². The Kier molecular flexibility index (Phi) is 7.79. The van der Waals surface area contributed by atoms with Gasteiger partial charge in [0.1, 0.15) is 6.61 Å². The van der Waals surface area contributed by atoms with Crippen LogP contribution in [-0.4, -0.2) is 6.61 Å². The van der Waals surface area contributed by atoms with Gasteiger partial charge in [-0.2, -0.15) is 0 Å². The van der Waals surface area contributed by atoms with Crippen LogP contribution in [0.1, 0.15) is 18.1 Å². The van der Waals surface area contributed by atoms with Gasteiger partial charge in [0.25, 0.3) is 0 Å². The molecular formula is C22H19Cl4NO2. The SMILES string of the molecule is CCOc1cc(CNc2ccc(Cl)cc2)cc(Cl)c1OCc1ccc(Cl)cc1Cl. The molecule has 3 nitrogen and oxygen atoms in total. The molecule has 0 aromatic heterocycles. The molecule has 0 fully saturated rings. The van der Waals surface area contributed by atoms with Gasteiger partial charge in [-0.25, -0.2) is 0 Å². The van der Waals surface area contributed by atoms with Crippen LogP contribution in [0.3, 0.4) is 0 Å². The zero-order valence-corrected chi connectivity index (χ0v) is 18.7. The smallest absolute Gasteiger partial charge is 0.180 e. The minimum Gasteiger partial charge on any atom is -0.490 e. The fraction of sp³-hybridized carbons (Fsp3) is 0.182. The van der Waals surface area contributed by atoms with Crippen molar-refractivity contribution < 1.29 is 9.47 Å². The maximum Gasteiger partial charge on any atom is 0.180 e. The highest BCUT2D eigenvalue weighted by Gasteiger charge is 2.14. The summed E-state index contributed by atoms with van der Waals surface area (Å²) >= 11 is 24.6. The average Bonchev–Trinajstić information content (AvgIpc) is 2.68. The van der Waals surface area contributed by atoms with Gasteiger partial charge in [-0.1, -0.05) is 52.5 Å². The van der Waals surface area contributed by atoms with Crippen LogP contribution in [0, 0.1) is 0 Å². The van der Waals surface area contributed by atoms with Crippen LogP contribution in [0.2, 0.25) is 20.1 Å². The van der Waals surface area contributed by atoms with Gasteiger partial charge in [-0.15, -0.1) is 0 Å². The van der Waals surface area contributed by atoms with Crippen LogP contribution in [0.25, 0.3) is 0 Å². The molecule has 0 unspecified atom stereocenters. The van der Waals surface area contributed by atoms with Crippen molar-refractivity contribution in [3.8, 4) is 11.5 Å². The number of anilines is 1. The fourth-order valence-electron chi connectivity index (χ4n) is 2.69. The maximum absolute atomic E-state index is 6.50. The minimum absolute atomic E-state index is 0.248. The van der Waals surface area contributed by atoms with E-state index in [2.05, 4.69) is 5.32 Å². The Labute approximate surface area is 190 Å². The first-order chi connectivity index (χ1) is 14.0. The van der Waals surface area contributed by atoms with E-state index in [-0.39, 0.29) is 6.61 Å². The van der Waals surface area contributed by atoms with Gasteiger partial charge in [-0.3, -0.25) is 0 Å². The third-order valence-corrected chi connectivity index (χ3v) is 5.22. The van der Waals surface area contributed by atoms with Gasteiger partial charge in [0.05, 0.1) is 11.6 Å². The molecule has 3 rings (SSSR count). The van der Waals surface area contributed by atoms with Crippen LogP contribution < -0.4 is 14.8 Å². The fourth-order valence-corrected chi connectivity index (χ4v) is 3.56. The maximum atomic E-state index is 6.50. The molecule has 0 atom stereocenters. The topological polar surface area (TPSA) is 30.5 Å². The number of hydrogen-bond acceptors (Lipinski definition) is 3. The monoisotopic (exact) mass is 469 g/mol. The Morgan fingerprint density at radius 1 is 0.793 bits per heavy atom. The molecule has 3 aromatic carbocycles. The van der Waals surface area contributed by atoms with E-state index >= 15 is 0 Å². The predicted molar refractivity (Wildman–Crippen MR) is 122 cm³/mol. The first-order valence-electron chi connectivity index (χ1n) is 8.97. The van der Waals surface area contributed by atoms with Crippen molar-refractivity contribution in [3.05, 3.63) is 85.8 Å². The first kappa shape index (κ1) is 21.9. The molecule has 29 heavy (non-hydrogen) atoms. The van der Waals surface area contributed by atoms with Gasteiger partial charge in [0.15, 0.2) is 11.5 Å². The van der Waals surface area contributed by atoms with Crippen LogP contribution in [0.5, 0.6) is 11.5 Å². The third kappa shape index (κ3) is 6.10. The highest BCUT2D eigenvalue weighted by atomic mass is 35.5. The van der Waals surface area contributed by atoms with E-state index < -0.39 is 0 Å². The molecule has 0 aliphatic rings. The number of hydrogen-bond donors (Lipinski definition) is 1. The molecule has 0 heterocycles. The van der Waals surface area contributed by atoms with E-state index in [9.17, 15) is 0 Å². The van der Waals surface area contributed by atoms with Crippen LogP contribution in [0.4, 0.5) is 5.69 Å². The summed E-state index contributed by atoms with van der Waals surface area (Å²) in [5.74, 6) is 1.06. The van der Waals surface area contributed by atoms with Crippen molar-refractivity contribution in [2.45, 2.75) is 20.1 Å². The second-order valence-corrected chi connectivity index (χ2v) is 7.91. The summed E-state index contributed by atoms with van der Waals surface area (Å²) < 4.78 is 11.7. The van der Waals surface area contributed by atoms with Crippen molar-refractivity contribution in [2.75, 3.05) is 11.9 Å². The molecule has 7 heteroatoms. The van der Waals surface area contributed by atoms with Crippen LogP contribution in [0.15, 0.2) is 54.6 Å². The second kappa shape index (κ2) is 10.3. The molecule has 0 radical (unpaired) electrons. The summed E-state index contributed by atoms with van der Waals surface area (Å²) in [5.41, 5.74) is 2.73. The molecular weight excluding hydrogens is 452 g/mol. The predicted octanol–water partition coefficient (Wildman–Crippen LogP) is 7.89. The number of rotatable bonds is 8. The van der Waals surface area contributed by atoms with Gasteiger partial charge in [0, 0.05) is 32.9 Å². The second-order valence-electron chi connectivity index (χ2n) is 6.22. The molecule has 0 aliphatic carbocycles. The Balaban J connectivity index is 1.75. The first-order valence-corrected chi connectivity index (χ1v) is 10.5. The van der Waals surface area contributed by atoms with Gasteiger partial charge in [0.2, 0.25) is 0 Å². The lowest BCUT2D eigenvalue weighted by atomic mass is 10.2. The van der Waals surface area contributed by atoms with Gasteiger partial charge >= 0.3 is 0 Å². The highest BCUT2D eigenvalue weighted by molar-refractivity contribution is 6.35. The molecule has 0 amide bonds. The average molecular weight is 471 g/mol. The number of benzene rings is 3. The van der Waals surface area contributed by atoms with Gasteiger partial charge in [-0.05, 0) is 61.0 Å². The van der Waals surface area contributed by atoms with E-state index in [0.717, 1.165) is 16.8 Å². The summed E-state index contributed by atoms with van der Waals surface area (Å²) in [6, 6.07) is 16.5. The molecule has 0 saturated carbocycles. The van der Waals surface area contributed by atoms with Crippen molar-refractivity contribution in [1.82, 2.24) is 0 Å². The summed E-state index contributed by atoms with van der Waals surface area (Å²) in [6.07, 6.45) is 0. The molecule has 0 saturated heterocycles. The third-order valence-electron chi connectivity index (χ3n) is 4.10. The van der Waals surface area contributed by atoms with Gasteiger partial charge < -0.3 is 14.8 Å². The van der Waals surface area contributed by atoms with E-state index in [1.807, 2.05) is 49.4 Å². The van der Waals surface area contributed by atoms with Crippen LogP contribution >= 0.6 is 46.4 Å². The van der Waals surface area contributed by atoms with E-state index in [1.165, 1.54) is 0 Å². The Morgan fingerprint density at radius 3 is 2.21 bits per heavy atom. The molecule has 0 spiro atoms. The van der Waals surface area contributed by atoms with Crippen molar-refractivity contribution in [2.24, 2.45) is 0 Å². The molecule has 0 aliphatic heterocycles. The molecule has 3 aromatic rings. The zero-order chi connectivity index (χ0) is 20.8. The lowest BCUT2D eigenvalue weighted by Crippen LogP contribution is -2.04. The van der Waals surface area contributed by atoms with Crippen molar-refractivity contribution >= 4 is 52.1 Å². The van der Waals surface area contributed by atoms with E-state index in [1.54, 1.807) is 12.1 Å². The standard InChI is InChI=1S/C22H19Cl4NO2/c1-2-28-21-10-14(12-27-18-7-5-16(23)6-8-18)9-20(26)22(21)29-13-15-3-4-17(24)11-19(15)25/h3-11,27H,2,12-13H2,1H3. The highest BCUT2D eigenvalue weighted by Crippen LogP contribution is 2.38. The lowest BCUT2D eigenvalue weighted by Gasteiger charge is -2.16. The quantitative estimate of drug-likeness (QED) is 0.363. The van der Waals surface area contributed by atoms with E-state index in [4.69, 9.17) is 55.9 Å². The summed E-state index contributed by atoms with van der Waals surface area (Å²) in [4.78, 5) is 0. The Hall–Kier alpha value is -1.78. The molecule has 0 bridgehead atoms. The normalized spacial score (nSPS) is 10.7. The minimum atomic E-state index is 0.248. The number of halogens is 4. The lowest BCUT2D eigenvalue weighted by molar-refractivity contribution is 0.269. The molecule has 1 N–H and O–H groups in total. The largest absolute Gasteiger partial charge is 0.490 e. The number of ether oxygens (including phenoxy) is 2. The number of nitrogens with one attached hydrogen (secondary N) is 1. The molecule has 152 valence electrons. The van der Waals surface area contributed by atoms with Crippen LogP contribution in [-0.2, 0) is 13.2 Å². The van der Waals surface area contributed by atoms with E-state index in [0.29, 0.717) is 44.7 Å². The van der Waals surface area contributed by atoms with Crippen molar-refractivity contribution in [3.63, 3.8) is 0 Å². The Morgan fingerprint density at radius 2 is 1.52 bits per heavy atom.